The number of aliphatic hydroxyl groups is 1. The van der Waals surface area contributed by atoms with Crippen LogP contribution in [0.25, 0.3) is 0 Å². The zero-order valence-corrected chi connectivity index (χ0v) is 14.7. The van der Waals surface area contributed by atoms with Crippen molar-refractivity contribution >= 4 is 17.6 Å². The van der Waals surface area contributed by atoms with Crippen LogP contribution in [0.3, 0.4) is 0 Å². The molecule has 0 aromatic heterocycles. The van der Waals surface area contributed by atoms with E-state index in [1.54, 1.807) is 12.1 Å². The number of ether oxygens (including phenoxy) is 1. The molecule has 3 rings (SSSR count). The number of carbonyl (C=O) groups excluding carboxylic acids is 1. The van der Waals surface area contributed by atoms with Crippen molar-refractivity contribution in [2.24, 2.45) is 5.92 Å². The highest BCUT2D eigenvalue weighted by Crippen LogP contribution is 2.47. The Labute approximate surface area is 151 Å². The van der Waals surface area contributed by atoms with E-state index in [-0.39, 0.29) is 6.42 Å². The van der Waals surface area contributed by atoms with Gasteiger partial charge in [0.2, 0.25) is 5.79 Å². The van der Waals surface area contributed by atoms with Crippen LogP contribution in [0.15, 0.2) is 54.6 Å². The number of esters is 1. The first kappa shape index (κ1) is 17.9. The van der Waals surface area contributed by atoms with Gasteiger partial charge in [0, 0.05) is 11.4 Å². The first-order chi connectivity index (χ1) is 11.9. The molecular formula is C19H19ClO5. The topological polar surface area (TPSA) is 65.0 Å². The van der Waals surface area contributed by atoms with Gasteiger partial charge in [-0.2, -0.15) is 4.89 Å². The zero-order valence-electron chi connectivity index (χ0n) is 13.9. The predicted octanol–water partition coefficient (Wildman–Crippen LogP) is 3.43. The maximum absolute atomic E-state index is 12.2. The molecule has 2 aromatic carbocycles. The summed E-state index contributed by atoms with van der Waals surface area (Å²) < 4.78 is 4.85. The summed E-state index contributed by atoms with van der Waals surface area (Å²) in [6, 6.07) is 16.5. The lowest BCUT2D eigenvalue weighted by Crippen LogP contribution is -2.53. The van der Waals surface area contributed by atoms with Crippen LogP contribution in [0, 0.1) is 5.92 Å². The minimum absolute atomic E-state index is 0.151. The van der Waals surface area contributed by atoms with Gasteiger partial charge in [0.05, 0.1) is 7.11 Å². The van der Waals surface area contributed by atoms with Gasteiger partial charge in [-0.1, -0.05) is 54.1 Å². The third kappa shape index (κ3) is 3.28. The molecule has 1 fully saturated rings. The Balaban J connectivity index is 2.12. The highest BCUT2D eigenvalue weighted by atomic mass is 35.5. The van der Waals surface area contributed by atoms with E-state index >= 15 is 0 Å². The quantitative estimate of drug-likeness (QED) is 0.669. The van der Waals surface area contributed by atoms with Crippen molar-refractivity contribution in [3.8, 4) is 0 Å². The molecule has 1 N–H and O–H groups in total. The van der Waals surface area contributed by atoms with Gasteiger partial charge in [0.15, 0.2) is 5.60 Å². The number of rotatable bonds is 3. The van der Waals surface area contributed by atoms with Crippen molar-refractivity contribution in [2.75, 3.05) is 7.11 Å². The van der Waals surface area contributed by atoms with Crippen LogP contribution in [0.5, 0.6) is 0 Å². The van der Waals surface area contributed by atoms with Crippen LogP contribution in [0.2, 0.25) is 5.02 Å². The van der Waals surface area contributed by atoms with Gasteiger partial charge in [0.25, 0.3) is 0 Å². The molecule has 3 unspecified atom stereocenters. The Hall–Kier alpha value is -1.92. The third-order valence-corrected chi connectivity index (χ3v) is 4.78. The number of carbonyl (C=O) groups is 1. The van der Waals surface area contributed by atoms with Crippen molar-refractivity contribution in [3.63, 3.8) is 0 Å². The standard InChI is InChI=1S/C19H19ClO5/c1-18(22)16(17(21)23-2)12-19(25-24-18,13-6-4-3-5-7-13)14-8-10-15(20)11-9-14/h3-11,16,22H,12H2,1-2H3. The van der Waals surface area contributed by atoms with Crippen molar-refractivity contribution in [3.05, 3.63) is 70.7 Å². The maximum atomic E-state index is 12.2. The first-order valence-electron chi connectivity index (χ1n) is 7.88. The minimum Gasteiger partial charge on any atom is -0.469 e. The van der Waals surface area contributed by atoms with Crippen LogP contribution in [0.4, 0.5) is 0 Å². The Bertz CT molecular complexity index is 744. The number of halogens is 1. The van der Waals surface area contributed by atoms with Crippen LogP contribution < -0.4 is 0 Å². The SMILES string of the molecule is COC(=O)C1CC(c2ccccc2)(c2ccc(Cl)cc2)OOC1(C)O. The first-order valence-corrected chi connectivity index (χ1v) is 8.25. The molecule has 0 spiro atoms. The van der Waals surface area contributed by atoms with E-state index in [1.165, 1.54) is 14.0 Å². The van der Waals surface area contributed by atoms with Crippen LogP contribution in [-0.4, -0.2) is 24.0 Å². The molecule has 0 bridgehead atoms. The number of benzene rings is 2. The molecule has 2 aromatic rings. The molecular weight excluding hydrogens is 344 g/mol. The van der Waals surface area contributed by atoms with E-state index in [0.717, 1.165) is 11.1 Å². The van der Waals surface area contributed by atoms with E-state index in [2.05, 4.69) is 0 Å². The second-order valence-corrected chi connectivity index (χ2v) is 6.64. The predicted molar refractivity (Wildman–Crippen MR) is 91.6 cm³/mol. The second kappa shape index (κ2) is 6.77. The summed E-state index contributed by atoms with van der Waals surface area (Å²) in [4.78, 5) is 23.2. The molecule has 0 aliphatic carbocycles. The van der Waals surface area contributed by atoms with Gasteiger partial charge in [-0.15, -0.1) is 0 Å². The van der Waals surface area contributed by atoms with Gasteiger partial charge in [0.1, 0.15) is 5.92 Å². The highest BCUT2D eigenvalue weighted by Gasteiger charge is 2.54. The van der Waals surface area contributed by atoms with E-state index in [0.29, 0.717) is 5.02 Å². The molecule has 0 saturated carbocycles. The molecule has 1 aliphatic rings. The number of hydrogen-bond acceptors (Lipinski definition) is 5. The normalized spacial score (nSPS) is 29.2. The fraction of sp³-hybridized carbons (Fsp3) is 0.316. The lowest BCUT2D eigenvalue weighted by atomic mass is 9.76. The highest BCUT2D eigenvalue weighted by molar-refractivity contribution is 6.30. The van der Waals surface area contributed by atoms with E-state index < -0.39 is 23.3 Å². The minimum atomic E-state index is -1.79. The van der Waals surface area contributed by atoms with Gasteiger partial charge in [-0.25, -0.2) is 4.89 Å². The maximum Gasteiger partial charge on any atom is 0.314 e. The molecule has 5 nitrogen and oxygen atoms in total. The largest absolute Gasteiger partial charge is 0.469 e. The molecule has 0 radical (unpaired) electrons. The van der Waals surface area contributed by atoms with Crippen LogP contribution >= 0.6 is 11.6 Å². The number of methoxy groups -OCH3 is 1. The Morgan fingerprint density at radius 2 is 1.72 bits per heavy atom. The summed E-state index contributed by atoms with van der Waals surface area (Å²) in [7, 11) is 1.28. The summed E-state index contributed by atoms with van der Waals surface area (Å²) in [6.45, 7) is 1.38. The second-order valence-electron chi connectivity index (χ2n) is 6.20. The molecule has 132 valence electrons. The smallest absolute Gasteiger partial charge is 0.314 e. The lowest BCUT2D eigenvalue weighted by Gasteiger charge is -2.45. The van der Waals surface area contributed by atoms with Crippen LogP contribution in [0.1, 0.15) is 24.5 Å². The monoisotopic (exact) mass is 362 g/mol. The van der Waals surface area contributed by atoms with Gasteiger partial charge < -0.3 is 9.84 Å². The van der Waals surface area contributed by atoms with E-state index in [4.69, 9.17) is 26.1 Å². The van der Waals surface area contributed by atoms with Gasteiger partial charge in [-0.05, 0) is 30.2 Å². The molecule has 1 heterocycles. The molecule has 0 amide bonds. The number of hydrogen-bond donors (Lipinski definition) is 1. The van der Waals surface area contributed by atoms with Gasteiger partial charge >= 0.3 is 5.97 Å². The van der Waals surface area contributed by atoms with Crippen molar-refractivity contribution < 1.29 is 24.4 Å². The summed E-state index contributed by atoms with van der Waals surface area (Å²) >= 11 is 6.00. The summed E-state index contributed by atoms with van der Waals surface area (Å²) in [5.74, 6) is -3.29. The average Bonchev–Trinajstić information content (AvgIpc) is 2.63. The fourth-order valence-electron chi connectivity index (χ4n) is 3.09. The van der Waals surface area contributed by atoms with Crippen molar-refractivity contribution in [2.45, 2.75) is 24.7 Å². The third-order valence-electron chi connectivity index (χ3n) is 4.53. The molecule has 25 heavy (non-hydrogen) atoms. The van der Waals surface area contributed by atoms with Crippen molar-refractivity contribution in [1.29, 1.82) is 0 Å². The lowest BCUT2D eigenvalue weighted by molar-refractivity contribution is -0.489. The Kier molecular flexibility index (Phi) is 4.84. The summed E-state index contributed by atoms with van der Waals surface area (Å²) in [6.07, 6.45) is 0.151. The summed E-state index contributed by atoms with van der Waals surface area (Å²) in [5, 5.41) is 11.0. The molecule has 1 aliphatic heterocycles. The Morgan fingerprint density at radius 1 is 1.12 bits per heavy atom. The van der Waals surface area contributed by atoms with Crippen molar-refractivity contribution in [1.82, 2.24) is 0 Å². The van der Waals surface area contributed by atoms with Crippen LogP contribution in [-0.2, 0) is 24.9 Å². The Morgan fingerprint density at radius 3 is 2.32 bits per heavy atom. The molecule has 6 heteroatoms. The molecule has 3 atom stereocenters. The summed E-state index contributed by atoms with van der Waals surface area (Å²) in [5.41, 5.74) is 0.474. The molecule has 1 saturated heterocycles. The van der Waals surface area contributed by atoms with E-state index in [9.17, 15) is 9.90 Å². The average molecular weight is 363 g/mol. The van der Waals surface area contributed by atoms with E-state index in [1.807, 2.05) is 42.5 Å². The fourth-order valence-corrected chi connectivity index (χ4v) is 3.22. The van der Waals surface area contributed by atoms with Gasteiger partial charge in [-0.3, -0.25) is 4.79 Å². The zero-order chi connectivity index (χ0) is 18.1.